The molecule has 1 aliphatic heterocycles. The van der Waals surface area contributed by atoms with E-state index in [0.29, 0.717) is 5.91 Å². The number of hydrogen-bond donors (Lipinski definition) is 2. The molecule has 5 rings (SSSR count). The van der Waals surface area contributed by atoms with E-state index in [2.05, 4.69) is 19.9 Å². The summed E-state index contributed by atoms with van der Waals surface area (Å²) in [6.45, 7) is 1.56. The van der Waals surface area contributed by atoms with Crippen LogP contribution in [0.4, 0.5) is 4.39 Å². The standard InChI is InChI=1S/C12H17N3O.C7H5FN2/c16-12(4-3-9-1-2-9)15-6-5-10-11(7-15)14-8-13-10;8-5-1-2-6-7(3-5)10-4-9-6/h8-9H,1-7H2,(H,13,14);1-4H,(H,9,10). The first-order valence-corrected chi connectivity index (χ1v) is 9.06. The topological polar surface area (TPSA) is 77.7 Å². The molecule has 1 saturated carbocycles. The third-order valence-corrected chi connectivity index (χ3v) is 4.97. The number of nitrogens with one attached hydrogen (secondary N) is 2. The Morgan fingerprint density at radius 1 is 1.23 bits per heavy atom. The molecule has 1 aliphatic carbocycles. The fourth-order valence-corrected chi connectivity index (χ4v) is 3.23. The summed E-state index contributed by atoms with van der Waals surface area (Å²) >= 11 is 0. The predicted molar refractivity (Wildman–Crippen MR) is 95.7 cm³/mol. The van der Waals surface area contributed by atoms with Crippen molar-refractivity contribution < 1.29 is 9.18 Å². The zero-order valence-corrected chi connectivity index (χ0v) is 14.5. The molecule has 0 unspecified atom stereocenters. The number of halogens is 1. The highest BCUT2D eigenvalue weighted by molar-refractivity contribution is 5.76. The molecule has 2 aromatic heterocycles. The second-order valence-corrected chi connectivity index (χ2v) is 6.94. The number of fused-ring (bicyclic) bond motifs is 2. The summed E-state index contributed by atoms with van der Waals surface area (Å²) in [5.41, 5.74) is 3.78. The summed E-state index contributed by atoms with van der Waals surface area (Å²) < 4.78 is 12.5. The fraction of sp³-hybridized carbons (Fsp3) is 0.421. The van der Waals surface area contributed by atoms with Gasteiger partial charge >= 0.3 is 0 Å². The maximum absolute atomic E-state index is 12.5. The van der Waals surface area contributed by atoms with Gasteiger partial charge in [0.15, 0.2) is 0 Å². The van der Waals surface area contributed by atoms with Crippen LogP contribution in [0.25, 0.3) is 11.0 Å². The molecule has 0 atom stereocenters. The van der Waals surface area contributed by atoms with Gasteiger partial charge in [-0.3, -0.25) is 4.79 Å². The second kappa shape index (κ2) is 7.27. The van der Waals surface area contributed by atoms with Gasteiger partial charge in [0.25, 0.3) is 0 Å². The molecule has 1 aromatic carbocycles. The normalized spacial score (nSPS) is 16.1. The Labute approximate surface area is 150 Å². The smallest absolute Gasteiger partial charge is 0.222 e. The Balaban J connectivity index is 0.000000144. The molecule has 3 aromatic rings. The van der Waals surface area contributed by atoms with E-state index < -0.39 is 0 Å². The Morgan fingerprint density at radius 3 is 2.92 bits per heavy atom. The summed E-state index contributed by atoms with van der Waals surface area (Å²) in [5, 5.41) is 0. The van der Waals surface area contributed by atoms with Gasteiger partial charge in [-0.2, -0.15) is 0 Å². The van der Waals surface area contributed by atoms with Gasteiger partial charge in [-0.05, 0) is 30.5 Å². The van der Waals surface area contributed by atoms with Gasteiger partial charge < -0.3 is 14.9 Å². The highest BCUT2D eigenvalue weighted by atomic mass is 19.1. The number of amides is 1. The van der Waals surface area contributed by atoms with E-state index in [1.54, 1.807) is 18.7 Å². The van der Waals surface area contributed by atoms with Crippen molar-refractivity contribution in [2.45, 2.75) is 38.6 Å². The van der Waals surface area contributed by atoms with Crippen molar-refractivity contribution in [1.82, 2.24) is 24.8 Å². The highest BCUT2D eigenvalue weighted by Crippen LogP contribution is 2.33. The van der Waals surface area contributed by atoms with Crippen LogP contribution in [-0.2, 0) is 17.8 Å². The maximum Gasteiger partial charge on any atom is 0.222 e. The molecular weight excluding hydrogens is 333 g/mol. The molecule has 1 fully saturated rings. The van der Waals surface area contributed by atoms with E-state index in [4.69, 9.17) is 0 Å². The van der Waals surface area contributed by atoms with Crippen LogP contribution in [0.3, 0.4) is 0 Å². The van der Waals surface area contributed by atoms with Gasteiger partial charge in [0.1, 0.15) is 5.82 Å². The molecule has 0 spiro atoms. The highest BCUT2D eigenvalue weighted by Gasteiger charge is 2.25. The Bertz CT molecular complexity index is 898. The Kier molecular flexibility index (Phi) is 4.69. The molecule has 136 valence electrons. The number of aromatic nitrogens is 4. The maximum atomic E-state index is 12.5. The lowest BCUT2D eigenvalue weighted by Crippen LogP contribution is -2.35. The number of H-pyrrole nitrogens is 2. The van der Waals surface area contributed by atoms with E-state index >= 15 is 0 Å². The summed E-state index contributed by atoms with van der Waals surface area (Å²) in [6, 6.07) is 4.45. The summed E-state index contributed by atoms with van der Waals surface area (Å²) in [6.07, 6.45) is 8.65. The van der Waals surface area contributed by atoms with Crippen LogP contribution < -0.4 is 0 Å². The average Bonchev–Trinajstić information content (AvgIpc) is 3.16. The molecule has 2 N–H and O–H groups in total. The molecule has 1 amide bonds. The van der Waals surface area contributed by atoms with Crippen LogP contribution >= 0.6 is 0 Å². The lowest BCUT2D eigenvalue weighted by molar-refractivity contribution is -0.132. The molecule has 0 saturated heterocycles. The Morgan fingerprint density at radius 2 is 2.08 bits per heavy atom. The third kappa shape index (κ3) is 3.92. The molecule has 26 heavy (non-hydrogen) atoms. The van der Waals surface area contributed by atoms with Crippen LogP contribution in [0, 0.1) is 11.7 Å². The minimum Gasteiger partial charge on any atom is -0.347 e. The van der Waals surface area contributed by atoms with Crippen LogP contribution in [0.2, 0.25) is 0 Å². The van der Waals surface area contributed by atoms with Gasteiger partial charge in [-0.15, -0.1) is 0 Å². The van der Waals surface area contributed by atoms with Crippen molar-refractivity contribution in [3.05, 3.63) is 48.1 Å². The van der Waals surface area contributed by atoms with E-state index in [-0.39, 0.29) is 5.82 Å². The SMILES string of the molecule is Fc1ccc2nc[nH]c2c1.O=C(CCC1CC1)N1CCc2nc[nH]c2C1. The van der Waals surface area contributed by atoms with Crippen LogP contribution in [0.5, 0.6) is 0 Å². The first kappa shape index (κ1) is 16.8. The number of hydrogen-bond acceptors (Lipinski definition) is 3. The first-order chi connectivity index (χ1) is 12.7. The lowest BCUT2D eigenvalue weighted by Gasteiger charge is -2.26. The largest absolute Gasteiger partial charge is 0.347 e. The van der Waals surface area contributed by atoms with Crippen molar-refractivity contribution in [3.63, 3.8) is 0 Å². The van der Waals surface area contributed by atoms with Gasteiger partial charge in [0, 0.05) is 19.4 Å². The third-order valence-electron chi connectivity index (χ3n) is 4.97. The number of rotatable bonds is 3. The van der Waals surface area contributed by atoms with Gasteiger partial charge in [0.2, 0.25) is 5.91 Å². The summed E-state index contributed by atoms with van der Waals surface area (Å²) in [7, 11) is 0. The molecule has 7 heteroatoms. The van der Waals surface area contributed by atoms with Crippen molar-refractivity contribution in [2.75, 3.05) is 6.54 Å². The number of imidazole rings is 2. The molecule has 2 aliphatic rings. The average molecular weight is 355 g/mol. The molecule has 0 radical (unpaired) electrons. The number of carbonyl (C=O) groups is 1. The number of aromatic amines is 2. The monoisotopic (exact) mass is 355 g/mol. The number of nitrogens with zero attached hydrogens (tertiary/aromatic N) is 3. The molecule has 3 heterocycles. The van der Waals surface area contributed by atoms with E-state index in [1.807, 2.05) is 4.90 Å². The number of benzene rings is 1. The van der Waals surface area contributed by atoms with Crippen molar-refractivity contribution in [3.8, 4) is 0 Å². The van der Waals surface area contributed by atoms with Crippen molar-refractivity contribution >= 4 is 16.9 Å². The summed E-state index contributed by atoms with van der Waals surface area (Å²) in [5.74, 6) is 0.917. The lowest BCUT2D eigenvalue weighted by atomic mass is 10.1. The van der Waals surface area contributed by atoms with E-state index in [0.717, 1.165) is 60.7 Å². The van der Waals surface area contributed by atoms with Gasteiger partial charge in [-0.25, -0.2) is 14.4 Å². The van der Waals surface area contributed by atoms with Crippen LogP contribution in [-0.4, -0.2) is 37.3 Å². The quantitative estimate of drug-likeness (QED) is 0.757. The van der Waals surface area contributed by atoms with Crippen molar-refractivity contribution in [2.24, 2.45) is 5.92 Å². The van der Waals surface area contributed by atoms with Crippen LogP contribution in [0.15, 0.2) is 30.9 Å². The zero-order valence-electron chi connectivity index (χ0n) is 14.5. The number of carbonyl (C=O) groups excluding carboxylic acids is 1. The van der Waals surface area contributed by atoms with Gasteiger partial charge in [0.05, 0.1) is 41.6 Å². The first-order valence-electron chi connectivity index (χ1n) is 9.06. The molecular formula is C19H22FN5O. The van der Waals surface area contributed by atoms with E-state index in [1.165, 1.54) is 25.0 Å². The zero-order chi connectivity index (χ0) is 17.9. The van der Waals surface area contributed by atoms with E-state index in [9.17, 15) is 9.18 Å². The molecule has 6 nitrogen and oxygen atoms in total. The molecule has 0 bridgehead atoms. The fourth-order valence-electron chi connectivity index (χ4n) is 3.23. The minimum atomic E-state index is -0.239. The Hall–Kier alpha value is -2.70. The predicted octanol–water partition coefficient (Wildman–Crippen LogP) is 3.19. The summed E-state index contributed by atoms with van der Waals surface area (Å²) in [4.78, 5) is 28.0. The van der Waals surface area contributed by atoms with Crippen LogP contribution in [0.1, 0.15) is 37.1 Å². The minimum absolute atomic E-state index is 0.239. The van der Waals surface area contributed by atoms with Gasteiger partial charge in [-0.1, -0.05) is 12.8 Å². The van der Waals surface area contributed by atoms with Crippen molar-refractivity contribution in [1.29, 1.82) is 0 Å². The second-order valence-electron chi connectivity index (χ2n) is 6.94.